The molecule has 1 saturated carbocycles. The Morgan fingerprint density at radius 2 is 1.61 bits per heavy atom. The Kier molecular flexibility index (Phi) is 16.1. The topological polar surface area (TPSA) is 225 Å². The average molecular weight is 1000 g/mol. The van der Waals surface area contributed by atoms with Crippen LogP contribution in [0.15, 0.2) is 59.1 Å². The molecular weight excluding hydrogens is 935 g/mol. The van der Waals surface area contributed by atoms with Crippen molar-refractivity contribution in [2.75, 3.05) is 42.9 Å². The van der Waals surface area contributed by atoms with Crippen LogP contribution in [0.3, 0.4) is 0 Å². The van der Waals surface area contributed by atoms with Crippen LogP contribution in [0, 0.1) is 19.3 Å². The molecule has 8 rings (SSSR count). The van der Waals surface area contributed by atoms with E-state index < -0.39 is 29.5 Å². The number of unbranched alkanes of at least 4 members (excludes halogenated alkanes) is 2. The number of aromatic nitrogens is 5. The van der Waals surface area contributed by atoms with E-state index in [9.17, 15) is 33.9 Å². The van der Waals surface area contributed by atoms with Gasteiger partial charge in [-0.15, -0.1) is 11.3 Å². The van der Waals surface area contributed by atoms with Crippen molar-refractivity contribution >= 4 is 69.2 Å². The van der Waals surface area contributed by atoms with Gasteiger partial charge in [0.25, 0.3) is 5.56 Å². The number of nitrogens with zero attached hydrogens (tertiary/aromatic N) is 8. The monoisotopic (exact) mass is 1000 g/mol. The molecule has 4 aromatic heterocycles. The lowest BCUT2D eigenvalue weighted by atomic mass is 9.85. The van der Waals surface area contributed by atoms with Crippen LogP contribution in [-0.4, -0.2) is 120 Å². The van der Waals surface area contributed by atoms with Gasteiger partial charge >= 0.3 is 0 Å². The number of carbonyl (C=O) groups is 5. The zero-order chi connectivity index (χ0) is 51.3. The van der Waals surface area contributed by atoms with Gasteiger partial charge in [-0.3, -0.25) is 33.3 Å². The number of amides is 4. The van der Waals surface area contributed by atoms with E-state index in [1.807, 2.05) is 74.5 Å². The molecule has 72 heavy (non-hydrogen) atoms. The number of piperazine rings is 1. The predicted molar refractivity (Wildman–Crippen MR) is 277 cm³/mol. The highest BCUT2D eigenvalue weighted by atomic mass is 32.1. The van der Waals surface area contributed by atoms with Crippen LogP contribution in [0.1, 0.15) is 125 Å². The molecule has 1 aromatic carbocycles. The van der Waals surface area contributed by atoms with Gasteiger partial charge in [-0.25, -0.2) is 15.0 Å². The Labute approximate surface area is 424 Å². The number of pyridine rings is 2. The SMILES string of the molecule is CC(=O)c1c(C)c2cnc(Nc3ccc(N4CCN(C(=O)CCCCCC(=O)NC(C(=O)N5C[C@H](O)C[C@H]5C(=O)NCc5ccc(-c6scnc6C)cc5)C(C)(C)C)CC4)cn3)nc2n(C2CCCC2)c1=O. The van der Waals surface area contributed by atoms with Crippen molar-refractivity contribution in [1.29, 1.82) is 0 Å². The molecule has 4 amide bonds. The number of aliphatic hydroxyl groups is 1. The molecule has 1 unspecified atom stereocenters. The maximum absolute atomic E-state index is 14.1. The fraction of sp³-hybridized carbons (Fsp3) is 0.509. The second-order valence-electron chi connectivity index (χ2n) is 20.5. The Balaban J connectivity index is 0.761. The molecule has 6 heterocycles. The van der Waals surface area contributed by atoms with Gasteiger partial charge in [-0.05, 0) is 80.7 Å². The third-order valence-corrected chi connectivity index (χ3v) is 15.2. The fourth-order valence-electron chi connectivity index (χ4n) is 10.2. The number of fused-ring (bicyclic) bond motifs is 1. The summed E-state index contributed by atoms with van der Waals surface area (Å²) in [6, 6.07) is 9.88. The van der Waals surface area contributed by atoms with Gasteiger partial charge in [-0.1, -0.05) is 64.3 Å². The number of thiazole rings is 1. The third-order valence-electron chi connectivity index (χ3n) is 14.2. The van der Waals surface area contributed by atoms with Crippen molar-refractivity contribution in [3.05, 3.63) is 87.0 Å². The van der Waals surface area contributed by atoms with E-state index in [4.69, 9.17) is 4.98 Å². The highest BCUT2D eigenvalue weighted by Gasteiger charge is 2.44. The molecule has 18 nitrogen and oxygen atoms in total. The van der Waals surface area contributed by atoms with Crippen LogP contribution in [0.5, 0.6) is 0 Å². The van der Waals surface area contributed by atoms with Gasteiger partial charge in [0.05, 0.1) is 39.6 Å². The largest absolute Gasteiger partial charge is 0.391 e. The molecule has 3 aliphatic rings. The number of β-amino-alcohol motifs (C(OH)–C–C–N with tert-alkyl or cyclic N) is 1. The number of aryl methyl sites for hydroxylation is 2. The number of rotatable bonds is 17. The maximum atomic E-state index is 14.1. The van der Waals surface area contributed by atoms with Gasteiger partial charge in [0.15, 0.2) is 5.78 Å². The first-order chi connectivity index (χ1) is 34.5. The Bertz CT molecular complexity index is 2850. The number of anilines is 3. The van der Waals surface area contributed by atoms with E-state index in [1.165, 1.54) is 11.8 Å². The standard InChI is InChI=1S/C53H67N11O7S/c1-32-40-29-56-52(60-48(40)64(37-12-10-11-13-37)50(70)45(32)34(3)65)58-42-21-20-38(28-54-42)61-22-24-62(25-23-61)44(68)15-9-7-8-14-43(67)59-47(53(4,5)6)51(71)63-30-39(66)26-41(63)49(69)55-27-35-16-18-36(19-17-35)46-33(2)57-31-72-46/h16-21,28-29,31,37,39,41,47,66H,7-15,22-27,30H2,1-6H3,(H,55,69)(H,59,67)(H,54,56,58,60)/t39-,41+,47?/m1/s1. The number of Topliss-reactive ketones (excluding diaryl/α,β-unsaturated/α-hetero) is 1. The second kappa shape index (κ2) is 22.4. The van der Waals surface area contributed by atoms with Crippen molar-refractivity contribution in [3.8, 4) is 10.4 Å². The first-order valence-corrected chi connectivity index (χ1v) is 26.1. The van der Waals surface area contributed by atoms with E-state index in [2.05, 4.69) is 35.8 Å². The molecule has 2 aliphatic heterocycles. The van der Waals surface area contributed by atoms with Crippen LogP contribution >= 0.6 is 11.3 Å². The van der Waals surface area contributed by atoms with Crippen molar-refractivity contribution in [1.82, 2.24) is 44.9 Å². The Morgan fingerprint density at radius 3 is 2.26 bits per heavy atom. The van der Waals surface area contributed by atoms with Crippen molar-refractivity contribution < 1.29 is 29.1 Å². The summed E-state index contributed by atoms with van der Waals surface area (Å²) in [5.41, 5.74) is 5.96. The summed E-state index contributed by atoms with van der Waals surface area (Å²) >= 11 is 1.57. The Morgan fingerprint density at radius 1 is 0.889 bits per heavy atom. The van der Waals surface area contributed by atoms with Gasteiger partial charge in [0, 0.05) is 76.2 Å². The molecule has 0 radical (unpaired) electrons. The molecule has 4 N–H and O–H groups in total. The summed E-state index contributed by atoms with van der Waals surface area (Å²) < 4.78 is 1.69. The molecule has 1 aliphatic carbocycles. The van der Waals surface area contributed by atoms with Crippen molar-refractivity contribution in [3.63, 3.8) is 0 Å². The predicted octanol–water partition coefficient (Wildman–Crippen LogP) is 6.40. The van der Waals surface area contributed by atoms with Crippen LogP contribution in [-0.2, 0) is 25.7 Å². The summed E-state index contributed by atoms with van der Waals surface area (Å²) in [5.74, 6) is -0.405. The van der Waals surface area contributed by atoms with E-state index in [1.54, 1.807) is 35.2 Å². The van der Waals surface area contributed by atoms with E-state index in [-0.39, 0.29) is 66.6 Å². The van der Waals surface area contributed by atoms with Crippen molar-refractivity contribution in [2.45, 2.75) is 137 Å². The minimum absolute atomic E-state index is 0.00310. The van der Waals surface area contributed by atoms with Crippen LogP contribution in [0.4, 0.5) is 17.5 Å². The molecule has 0 spiro atoms. The molecule has 19 heteroatoms. The smallest absolute Gasteiger partial charge is 0.263 e. The third kappa shape index (κ3) is 11.8. The molecule has 5 aromatic rings. The van der Waals surface area contributed by atoms with Gasteiger partial charge < -0.3 is 35.8 Å². The lowest BCUT2D eigenvalue weighted by Crippen LogP contribution is -2.57. The number of ketones is 1. The summed E-state index contributed by atoms with van der Waals surface area (Å²) in [6.07, 6.45) is 8.82. The number of aliphatic hydroxyl groups excluding tert-OH is 1. The molecule has 0 bridgehead atoms. The summed E-state index contributed by atoms with van der Waals surface area (Å²) in [6.45, 7) is 13.4. The van der Waals surface area contributed by atoms with Crippen molar-refractivity contribution in [2.24, 2.45) is 5.41 Å². The van der Waals surface area contributed by atoms with E-state index in [0.29, 0.717) is 80.2 Å². The number of likely N-dealkylation sites (tertiary alicyclic amines) is 1. The quantitative estimate of drug-likeness (QED) is 0.0586. The molecule has 2 saturated heterocycles. The summed E-state index contributed by atoms with van der Waals surface area (Å²) in [5, 5.41) is 20.3. The zero-order valence-electron chi connectivity index (χ0n) is 42.2. The number of carbonyl (C=O) groups excluding carboxylic acids is 5. The number of nitrogens with one attached hydrogen (secondary N) is 3. The normalized spacial score (nSPS) is 17.8. The highest BCUT2D eigenvalue weighted by molar-refractivity contribution is 7.13. The lowest BCUT2D eigenvalue weighted by molar-refractivity contribution is -0.144. The minimum Gasteiger partial charge on any atom is -0.391 e. The number of hydrogen-bond donors (Lipinski definition) is 4. The lowest BCUT2D eigenvalue weighted by Gasteiger charge is -2.36. The minimum atomic E-state index is -0.915. The van der Waals surface area contributed by atoms with Gasteiger partial charge in [0.1, 0.15) is 23.5 Å². The average Bonchev–Trinajstić information content (AvgIpc) is 4.14. The zero-order valence-corrected chi connectivity index (χ0v) is 43.0. The molecule has 3 atom stereocenters. The summed E-state index contributed by atoms with van der Waals surface area (Å²) in [7, 11) is 0. The number of benzene rings is 1. The second-order valence-corrected chi connectivity index (χ2v) is 21.4. The summed E-state index contributed by atoms with van der Waals surface area (Å²) in [4.78, 5) is 105. The maximum Gasteiger partial charge on any atom is 0.263 e. The van der Waals surface area contributed by atoms with Crippen LogP contribution < -0.4 is 26.4 Å². The molecule has 382 valence electrons. The number of hydrogen-bond acceptors (Lipinski definition) is 14. The van der Waals surface area contributed by atoms with Gasteiger partial charge in [-0.2, -0.15) is 4.98 Å². The fourth-order valence-corrected chi connectivity index (χ4v) is 11.0. The first kappa shape index (κ1) is 51.7. The van der Waals surface area contributed by atoms with E-state index in [0.717, 1.165) is 53.1 Å². The molecular formula is C53H67N11O7S. The van der Waals surface area contributed by atoms with E-state index >= 15 is 0 Å². The first-order valence-electron chi connectivity index (χ1n) is 25.2. The Hall–Kier alpha value is -6.60. The highest BCUT2D eigenvalue weighted by Crippen LogP contribution is 2.33. The molecule has 3 fully saturated rings. The van der Waals surface area contributed by atoms with Crippen LogP contribution in [0.2, 0.25) is 0 Å². The van der Waals surface area contributed by atoms with Crippen LogP contribution in [0.25, 0.3) is 21.5 Å². The van der Waals surface area contributed by atoms with Gasteiger partial charge in [0.2, 0.25) is 29.6 Å².